The first-order chi connectivity index (χ1) is 6.88. The van der Waals surface area contributed by atoms with Crippen molar-refractivity contribution in [2.45, 2.75) is 12.3 Å². The average molecular weight is 286 g/mol. The number of ether oxygens (including phenoxy) is 1. The lowest BCUT2D eigenvalue weighted by Crippen LogP contribution is -2.21. The van der Waals surface area contributed by atoms with Crippen LogP contribution in [-0.2, 0) is 0 Å². The fourth-order valence-corrected chi connectivity index (χ4v) is 1.55. The first-order valence-electron chi connectivity index (χ1n) is 3.80. The Balaban J connectivity index is 3.23. The maximum absolute atomic E-state index is 12.3. The summed E-state index contributed by atoms with van der Waals surface area (Å²) in [6.45, 7) is 0. The van der Waals surface area contributed by atoms with Crippen LogP contribution in [0.1, 0.15) is 11.7 Å². The van der Waals surface area contributed by atoms with Crippen LogP contribution in [0.2, 0.25) is 0 Å². The van der Waals surface area contributed by atoms with Crippen LogP contribution >= 0.6 is 15.9 Å². The SMILES string of the molecule is COc1cncc(Br)c1[C@H](O)C(F)(F)F. The second-order valence-electron chi connectivity index (χ2n) is 2.68. The molecule has 1 aromatic rings. The molecule has 1 atom stereocenters. The molecule has 0 bridgehead atoms. The number of nitrogens with zero attached hydrogens (tertiary/aromatic N) is 1. The smallest absolute Gasteiger partial charge is 0.418 e. The van der Waals surface area contributed by atoms with Gasteiger partial charge >= 0.3 is 6.18 Å². The normalized spacial score (nSPS) is 13.7. The number of halogens is 4. The van der Waals surface area contributed by atoms with E-state index in [1.165, 1.54) is 7.11 Å². The second-order valence-corrected chi connectivity index (χ2v) is 3.54. The van der Waals surface area contributed by atoms with Gasteiger partial charge in [0, 0.05) is 16.2 Å². The van der Waals surface area contributed by atoms with Crippen LogP contribution in [0.25, 0.3) is 0 Å². The molecular formula is C8H7BrF3NO2. The third kappa shape index (κ3) is 2.60. The lowest BCUT2D eigenvalue weighted by Gasteiger charge is -2.18. The van der Waals surface area contributed by atoms with Gasteiger partial charge in [0.15, 0.2) is 6.10 Å². The highest BCUT2D eigenvalue weighted by atomic mass is 79.9. The van der Waals surface area contributed by atoms with E-state index in [9.17, 15) is 13.2 Å². The summed E-state index contributed by atoms with van der Waals surface area (Å²) >= 11 is 2.88. The zero-order valence-corrected chi connectivity index (χ0v) is 9.13. The maximum Gasteiger partial charge on any atom is 0.418 e. The largest absolute Gasteiger partial charge is 0.495 e. The molecule has 1 N–H and O–H groups in total. The number of hydrogen-bond acceptors (Lipinski definition) is 3. The third-order valence-electron chi connectivity index (χ3n) is 1.71. The van der Waals surface area contributed by atoms with Gasteiger partial charge in [-0.3, -0.25) is 4.98 Å². The summed E-state index contributed by atoms with van der Waals surface area (Å²) in [5, 5.41) is 9.09. The van der Waals surface area contributed by atoms with E-state index in [-0.39, 0.29) is 15.8 Å². The van der Waals surface area contributed by atoms with Crippen molar-refractivity contribution in [1.29, 1.82) is 0 Å². The van der Waals surface area contributed by atoms with E-state index in [1.54, 1.807) is 0 Å². The van der Waals surface area contributed by atoms with Gasteiger partial charge in [-0.2, -0.15) is 13.2 Å². The Kier molecular flexibility index (Phi) is 3.56. The van der Waals surface area contributed by atoms with Crippen molar-refractivity contribution in [2.75, 3.05) is 7.11 Å². The van der Waals surface area contributed by atoms with Gasteiger partial charge in [-0.1, -0.05) is 0 Å². The molecule has 0 unspecified atom stereocenters. The molecule has 0 spiro atoms. The molecule has 3 nitrogen and oxygen atoms in total. The molecule has 1 rings (SSSR count). The molecule has 0 saturated carbocycles. The standard InChI is InChI=1S/C8H7BrF3NO2/c1-15-5-3-13-2-4(9)6(5)7(14)8(10,11)12/h2-3,7,14H,1H3/t7-/m0/s1. The fourth-order valence-electron chi connectivity index (χ4n) is 1.02. The minimum atomic E-state index is -4.74. The second kappa shape index (κ2) is 4.36. The number of aromatic nitrogens is 1. The fraction of sp³-hybridized carbons (Fsp3) is 0.375. The summed E-state index contributed by atoms with van der Waals surface area (Å²) in [5.41, 5.74) is -0.375. The number of alkyl halides is 3. The van der Waals surface area contributed by atoms with Crippen molar-refractivity contribution in [2.24, 2.45) is 0 Å². The molecule has 0 amide bonds. The van der Waals surface area contributed by atoms with E-state index in [4.69, 9.17) is 5.11 Å². The highest BCUT2D eigenvalue weighted by molar-refractivity contribution is 9.10. The molecule has 0 saturated heterocycles. The minimum absolute atomic E-state index is 0.0478. The third-order valence-corrected chi connectivity index (χ3v) is 2.34. The number of hydrogen-bond donors (Lipinski definition) is 1. The van der Waals surface area contributed by atoms with Crippen LogP contribution in [0.15, 0.2) is 16.9 Å². The highest BCUT2D eigenvalue weighted by Gasteiger charge is 2.42. The van der Waals surface area contributed by atoms with Gasteiger partial charge < -0.3 is 9.84 Å². The molecule has 0 radical (unpaired) electrons. The van der Waals surface area contributed by atoms with Gasteiger partial charge in [0.05, 0.1) is 13.3 Å². The van der Waals surface area contributed by atoms with Gasteiger partial charge in [-0.15, -0.1) is 0 Å². The van der Waals surface area contributed by atoms with E-state index in [0.29, 0.717) is 0 Å². The molecule has 0 fully saturated rings. The van der Waals surface area contributed by atoms with Crippen LogP contribution in [0, 0.1) is 0 Å². The van der Waals surface area contributed by atoms with Crippen LogP contribution in [-0.4, -0.2) is 23.4 Å². The van der Waals surface area contributed by atoms with E-state index in [2.05, 4.69) is 25.7 Å². The van der Waals surface area contributed by atoms with Crippen molar-refractivity contribution in [3.8, 4) is 5.75 Å². The molecule has 0 aliphatic carbocycles. The summed E-state index contributed by atoms with van der Waals surface area (Å²) in [6, 6.07) is 0. The molecule has 1 heterocycles. The average Bonchev–Trinajstić information content (AvgIpc) is 2.15. The Morgan fingerprint density at radius 2 is 2.07 bits per heavy atom. The molecule has 15 heavy (non-hydrogen) atoms. The van der Waals surface area contributed by atoms with Gasteiger partial charge in [-0.05, 0) is 15.9 Å². The zero-order valence-electron chi connectivity index (χ0n) is 7.55. The van der Waals surface area contributed by atoms with Crippen molar-refractivity contribution in [3.63, 3.8) is 0 Å². The van der Waals surface area contributed by atoms with Crippen LogP contribution in [0.3, 0.4) is 0 Å². The lowest BCUT2D eigenvalue weighted by molar-refractivity contribution is -0.207. The van der Waals surface area contributed by atoms with Crippen LogP contribution in [0.4, 0.5) is 13.2 Å². The monoisotopic (exact) mass is 285 g/mol. The number of rotatable bonds is 2. The van der Waals surface area contributed by atoms with E-state index in [1.807, 2.05) is 0 Å². The van der Waals surface area contributed by atoms with E-state index in [0.717, 1.165) is 12.4 Å². The summed E-state index contributed by atoms with van der Waals surface area (Å²) in [7, 11) is 1.20. The Labute approximate surface area is 92.0 Å². The molecule has 0 aliphatic heterocycles. The topological polar surface area (TPSA) is 42.4 Å². The molecule has 0 aliphatic rings. The summed E-state index contributed by atoms with van der Waals surface area (Å²) < 4.78 is 41.6. The number of methoxy groups -OCH3 is 1. The predicted molar refractivity (Wildman–Crippen MR) is 49.5 cm³/mol. The molecule has 1 aromatic heterocycles. The zero-order chi connectivity index (χ0) is 11.6. The van der Waals surface area contributed by atoms with Gasteiger partial charge in [0.2, 0.25) is 0 Å². The minimum Gasteiger partial charge on any atom is -0.495 e. The number of aliphatic hydroxyl groups is 1. The first-order valence-corrected chi connectivity index (χ1v) is 4.59. The highest BCUT2D eigenvalue weighted by Crippen LogP contribution is 2.40. The molecule has 7 heteroatoms. The van der Waals surface area contributed by atoms with Gasteiger partial charge in [0.1, 0.15) is 5.75 Å². The van der Waals surface area contributed by atoms with E-state index < -0.39 is 12.3 Å². The number of pyridine rings is 1. The van der Waals surface area contributed by atoms with Crippen LogP contribution in [0.5, 0.6) is 5.75 Å². The number of aliphatic hydroxyl groups excluding tert-OH is 1. The lowest BCUT2D eigenvalue weighted by atomic mass is 10.1. The van der Waals surface area contributed by atoms with Gasteiger partial charge in [-0.25, -0.2) is 0 Å². The Morgan fingerprint density at radius 1 is 1.47 bits per heavy atom. The van der Waals surface area contributed by atoms with Crippen molar-refractivity contribution in [3.05, 3.63) is 22.4 Å². The summed E-state index contributed by atoms with van der Waals surface area (Å²) in [4.78, 5) is 3.63. The van der Waals surface area contributed by atoms with E-state index >= 15 is 0 Å². The van der Waals surface area contributed by atoms with Crippen molar-refractivity contribution >= 4 is 15.9 Å². The molecular weight excluding hydrogens is 279 g/mol. The van der Waals surface area contributed by atoms with Crippen molar-refractivity contribution < 1.29 is 23.0 Å². The Morgan fingerprint density at radius 3 is 2.53 bits per heavy atom. The molecule has 0 aromatic carbocycles. The van der Waals surface area contributed by atoms with Crippen molar-refractivity contribution in [1.82, 2.24) is 4.98 Å². The summed E-state index contributed by atoms with van der Waals surface area (Å²) in [5.74, 6) is -0.116. The van der Waals surface area contributed by atoms with Gasteiger partial charge in [0.25, 0.3) is 0 Å². The predicted octanol–water partition coefficient (Wildman–Crippen LogP) is 2.45. The maximum atomic E-state index is 12.3. The summed E-state index contributed by atoms with van der Waals surface area (Å²) in [6.07, 6.45) is -5.07. The quantitative estimate of drug-likeness (QED) is 0.908. The Hall–Kier alpha value is -0.820. The molecule has 84 valence electrons. The first kappa shape index (κ1) is 12.3. The Bertz CT molecular complexity index is 356. The van der Waals surface area contributed by atoms with Crippen LogP contribution < -0.4 is 4.74 Å².